The van der Waals surface area contributed by atoms with Gasteiger partial charge in [-0.1, -0.05) is 30.3 Å². The van der Waals surface area contributed by atoms with Crippen molar-refractivity contribution in [3.63, 3.8) is 0 Å². The molecule has 2 amide bonds. The lowest BCUT2D eigenvalue weighted by atomic mass is 9.87. The molecule has 122 valence electrons. The fraction of sp³-hybridized carbons (Fsp3) is 0. The summed E-state index contributed by atoms with van der Waals surface area (Å²) in [6.45, 7) is 0. The number of carboxylic acids is 2. The molecule has 0 saturated carbocycles. The monoisotopic (exact) mass is 328 g/mol. The zero-order chi connectivity index (χ0) is 18.0. The van der Waals surface area contributed by atoms with Crippen LogP contribution in [0.1, 0.15) is 41.4 Å². The molecule has 2 aromatic rings. The molecule has 0 aliphatic rings. The van der Waals surface area contributed by atoms with E-state index in [1.165, 1.54) is 0 Å². The molecule has 6 N–H and O–H groups in total. The van der Waals surface area contributed by atoms with Gasteiger partial charge in [0, 0.05) is 0 Å². The summed E-state index contributed by atoms with van der Waals surface area (Å²) in [6, 6.07) is 9.03. The molecule has 0 bridgehead atoms. The molecule has 0 aliphatic carbocycles. The van der Waals surface area contributed by atoms with Crippen LogP contribution in [0.2, 0.25) is 0 Å². The number of primary amides is 2. The maximum atomic E-state index is 11.9. The topological polar surface area (TPSA) is 161 Å². The van der Waals surface area contributed by atoms with Crippen molar-refractivity contribution >= 4 is 23.8 Å². The van der Waals surface area contributed by atoms with E-state index in [1.54, 1.807) is 30.3 Å². The highest BCUT2D eigenvalue weighted by molar-refractivity contribution is 6.18. The lowest BCUT2D eigenvalue weighted by Gasteiger charge is -2.15. The van der Waals surface area contributed by atoms with Gasteiger partial charge in [0.1, 0.15) is 0 Å². The molecule has 0 saturated heterocycles. The van der Waals surface area contributed by atoms with E-state index in [0.29, 0.717) is 5.56 Å². The summed E-state index contributed by atoms with van der Waals surface area (Å²) in [7, 11) is 0. The first kappa shape index (κ1) is 16.7. The minimum absolute atomic E-state index is 0.0132. The van der Waals surface area contributed by atoms with Gasteiger partial charge in [0.05, 0.1) is 22.3 Å². The van der Waals surface area contributed by atoms with Gasteiger partial charge < -0.3 is 21.7 Å². The first-order valence-corrected chi connectivity index (χ1v) is 6.58. The Hall–Kier alpha value is -3.68. The number of carbonyl (C=O) groups is 4. The molecule has 0 radical (unpaired) electrons. The lowest BCUT2D eigenvalue weighted by molar-refractivity contribution is 0.0649. The van der Waals surface area contributed by atoms with Crippen molar-refractivity contribution in [2.75, 3.05) is 0 Å². The third-order valence-electron chi connectivity index (χ3n) is 3.35. The van der Waals surface area contributed by atoms with E-state index < -0.39 is 46.0 Å². The van der Waals surface area contributed by atoms with Crippen molar-refractivity contribution < 1.29 is 29.4 Å². The summed E-state index contributed by atoms with van der Waals surface area (Å²) in [5.74, 6) is -5.64. The molecule has 0 unspecified atom stereocenters. The van der Waals surface area contributed by atoms with Crippen molar-refractivity contribution in [2.45, 2.75) is 0 Å². The maximum absolute atomic E-state index is 11.9. The zero-order valence-corrected chi connectivity index (χ0v) is 12.1. The predicted octanol–water partition coefficient (Wildman–Crippen LogP) is 0.948. The van der Waals surface area contributed by atoms with Crippen LogP contribution < -0.4 is 11.5 Å². The Kier molecular flexibility index (Phi) is 4.32. The molecule has 2 aromatic carbocycles. The number of hydrogen-bond donors (Lipinski definition) is 4. The highest BCUT2D eigenvalue weighted by Crippen LogP contribution is 2.31. The van der Waals surface area contributed by atoms with Crippen molar-refractivity contribution in [1.82, 2.24) is 0 Å². The fourth-order valence-corrected chi connectivity index (χ4v) is 2.42. The molecule has 24 heavy (non-hydrogen) atoms. The van der Waals surface area contributed by atoms with Crippen molar-refractivity contribution in [3.05, 3.63) is 58.7 Å². The second-order valence-electron chi connectivity index (χ2n) is 4.80. The maximum Gasteiger partial charge on any atom is 0.337 e. The van der Waals surface area contributed by atoms with Gasteiger partial charge in [0.15, 0.2) is 0 Å². The molecular formula is C16H12N2O6. The largest absolute Gasteiger partial charge is 0.478 e. The van der Waals surface area contributed by atoms with Crippen molar-refractivity contribution in [1.29, 1.82) is 0 Å². The van der Waals surface area contributed by atoms with Gasteiger partial charge in [-0.05, 0) is 17.2 Å². The Labute approximate surface area is 135 Å². The van der Waals surface area contributed by atoms with Crippen molar-refractivity contribution in [2.24, 2.45) is 11.5 Å². The summed E-state index contributed by atoms with van der Waals surface area (Å²) in [4.78, 5) is 46.5. The number of hydrogen-bond acceptors (Lipinski definition) is 4. The average molecular weight is 328 g/mol. The Morgan fingerprint density at radius 1 is 0.750 bits per heavy atom. The second-order valence-corrected chi connectivity index (χ2v) is 4.80. The van der Waals surface area contributed by atoms with Gasteiger partial charge in [-0.25, -0.2) is 9.59 Å². The van der Waals surface area contributed by atoms with Crippen molar-refractivity contribution in [3.8, 4) is 11.1 Å². The molecular weight excluding hydrogens is 316 g/mol. The van der Waals surface area contributed by atoms with Gasteiger partial charge >= 0.3 is 11.9 Å². The first-order valence-electron chi connectivity index (χ1n) is 6.58. The standard InChI is InChI=1S/C16H12N2O6/c17-13(19)10-8(7-4-2-1-3-5-7)6-9(15(21)22)11(16(23)24)12(10)14(18)20/h1-6H,(H2,17,19)(H2,18,20)(H,21,22)(H,23,24). The minimum Gasteiger partial charge on any atom is -0.478 e. The van der Waals surface area contributed by atoms with Gasteiger partial charge in [-0.2, -0.15) is 0 Å². The van der Waals surface area contributed by atoms with Crippen LogP contribution in [0.3, 0.4) is 0 Å². The SMILES string of the molecule is NC(=O)c1c(-c2ccccc2)cc(C(=O)O)c(C(=O)O)c1C(N)=O. The molecule has 0 heterocycles. The fourth-order valence-electron chi connectivity index (χ4n) is 2.42. The lowest BCUT2D eigenvalue weighted by Crippen LogP contribution is -2.27. The van der Waals surface area contributed by atoms with E-state index in [-0.39, 0.29) is 5.56 Å². The van der Waals surface area contributed by atoms with Crippen LogP contribution in [-0.2, 0) is 0 Å². The summed E-state index contributed by atoms with van der Waals surface area (Å²) >= 11 is 0. The summed E-state index contributed by atoms with van der Waals surface area (Å²) in [6.07, 6.45) is 0. The molecule has 0 fully saturated rings. The number of carboxylic acid groups (broad SMARTS) is 2. The quantitative estimate of drug-likeness (QED) is 0.639. The van der Waals surface area contributed by atoms with Crippen LogP contribution >= 0.6 is 0 Å². The van der Waals surface area contributed by atoms with Gasteiger partial charge in [-0.3, -0.25) is 9.59 Å². The van der Waals surface area contributed by atoms with Gasteiger partial charge in [0.2, 0.25) is 11.8 Å². The van der Waals surface area contributed by atoms with E-state index in [0.717, 1.165) is 6.07 Å². The third kappa shape index (κ3) is 2.80. The number of aromatic carboxylic acids is 2. The van der Waals surface area contributed by atoms with Crippen LogP contribution in [0.15, 0.2) is 36.4 Å². The smallest absolute Gasteiger partial charge is 0.337 e. The van der Waals surface area contributed by atoms with E-state index in [2.05, 4.69) is 0 Å². The van der Waals surface area contributed by atoms with Crippen LogP contribution in [0.25, 0.3) is 11.1 Å². The minimum atomic E-state index is -1.71. The number of rotatable bonds is 5. The number of benzene rings is 2. The van der Waals surface area contributed by atoms with E-state index in [1.807, 2.05) is 0 Å². The van der Waals surface area contributed by atoms with E-state index >= 15 is 0 Å². The molecule has 2 rings (SSSR count). The summed E-state index contributed by atoms with van der Waals surface area (Å²) in [5, 5.41) is 18.6. The molecule has 0 atom stereocenters. The Balaban J connectivity index is 3.06. The second kappa shape index (κ2) is 6.21. The Morgan fingerprint density at radius 3 is 1.71 bits per heavy atom. The summed E-state index contributed by atoms with van der Waals surface area (Å²) < 4.78 is 0. The number of amides is 2. The zero-order valence-electron chi connectivity index (χ0n) is 12.1. The van der Waals surface area contributed by atoms with Crippen LogP contribution in [0, 0.1) is 0 Å². The predicted molar refractivity (Wildman–Crippen MR) is 82.8 cm³/mol. The summed E-state index contributed by atoms with van der Waals surface area (Å²) in [5.41, 5.74) is 8.20. The number of carbonyl (C=O) groups excluding carboxylic acids is 2. The first-order chi connectivity index (χ1) is 11.3. The molecule has 0 aromatic heterocycles. The molecule has 8 nitrogen and oxygen atoms in total. The Bertz CT molecular complexity index is 874. The van der Waals surface area contributed by atoms with Crippen LogP contribution in [-0.4, -0.2) is 34.0 Å². The Morgan fingerprint density at radius 2 is 1.29 bits per heavy atom. The number of nitrogens with two attached hydrogens (primary N) is 2. The molecule has 8 heteroatoms. The molecule has 0 spiro atoms. The average Bonchev–Trinajstić information content (AvgIpc) is 2.53. The van der Waals surface area contributed by atoms with E-state index in [4.69, 9.17) is 11.5 Å². The van der Waals surface area contributed by atoms with Gasteiger partial charge in [0.25, 0.3) is 0 Å². The van der Waals surface area contributed by atoms with Crippen LogP contribution in [0.4, 0.5) is 0 Å². The normalized spacial score (nSPS) is 10.2. The van der Waals surface area contributed by atoms with Gasteiger partial charge in [-0.15, -0.1) is 0 Å². The molecule has 0 aliphatic heterocycles. The highest BCUT2D eigenvalue weighted by atomic mass is 16.4. The van der Waals surface area contributed by atoms with E-state index in [9.17, 15) is 29.4 Å². The van der Waals surface area contributed by atoms with Crippen LogP contribution in [0.5, 0.6) is 0 Å². The third-order valence-corrected chi connectivity index (χ3v) is 3.35. The highest BCUT2D eigenvalue weighted by Gasteiger charge is 2.31.